The van der Waals surface area contributed by atoms with Crippen LogP contribution in [0.1, 0.15) is 30.4 Å². The zero-order valence-electron chi connectivity index (χ0n) is 11.0. The van der Waals surface area contributed by atoms with Crippen LogP contribution in [0.15, 0.2) is 18.2 Å². The van der Waals surface area contributed by atoms with E-state index in [0.29, 0.717) is 5.56 Å². The molecule has 19 heavy (non-hydrogen) atoms. The Morgan fingerprint density at radius 3 is 2.63 bits per heavy atom. The van der Waals surface area contributed by atoms with Gasteiger partial charge in [0, 0.05) is 25.2 Å². The first-order valence-electron chi connectivity index (χ1n) is 6.98. The van der Waals surface area contributed by atoms with Gasteiger partial charge in [0.05, 0.1) is 0 Å². The number of nitrogens with one attached hydrogen (secondary N) is 1. The van der Waals surface area contributed by atoms with Crippen LogP contribution in [0.3, 0.4) is 0 Å². The molecule has 4 heteroatoms. The Kier molecular flexibility index (Phi) is 3.27. The summed E-state index contributed by atoms with van der Waals surface area (Å²) in [5.74, 6) is 1.32. The second kappa shape index (κ2) is 4.93. The molecule has 3 nitrogen and oxygen atoms in total. The first-order valence-corrected chi connectivity index (χ1v) is 6.98. The molecule has 2 atom stereocenters. The molecule has 1 aromatic carbocycles. The first-order chi connectivity index (χ1) is 9.13. The molecule has 102 valence electrons. The molecule has 1 aromatic rings. The van der Waals surface area contributed by atoms with Gasteiger partial charge in [0.1, 0.15) is 11.7 Å². The molecule has 1 saturated heterocycles. The van der Waals surface area contributed by atoms with E-state index in [9.17, 15) is 4.39 Å². The highest BCUT2D eigenvalue weighted by atomic mass is 19.1. The number of likely N-dealkylation sites (tertiary alicyclic amines) is 1. The van der Waals surface area contributed by atoms with Crippen molar-refractivity contribution in [3.8, 4) is 0 Å². The number of rotatable bonds is 3. The number of nitrogen functional groups attached to an aromatic ring is 1. The standard InChI is InChI=1S/C15H20FN3/c16-13-5-4-12(14(6-13)15(17)18)9-19-7-10-2-1-3-11(10)8-19/h4-6,10-11H,1-3,7-9H2,(H3,17,18). The summed E-state index contributed by atoms with van der Waals surface area (Å²) < 4.78 is 13.2. The van der Waals surface area contributed by atoms with Crippen molar-refractivity contribution in [2.24, 2.45) is 17.6 Å². The summed E-state index contributed by atoms with van der Waals surface area (Å²) in [6.07, 6.45) is 4.08. The van der Waals surface area contributed by atoms with Gasteiger partial charge in [-0.2, -0.15) is 0 Å². The molecule has 1 saturated carbocycles. The summed E-state index contributed by atoms with van der Waals surface area (Å²) in [7, 11) is 0. The zero-order valence-corrected chi connectivity index (χ0v) is 11.0. The summed E-state index contributed by atoms with van der Waals surface area (Å²) in [6.45, 7) is 3.06. The van der Waals surface area contributed by atoms with E-state index in [1.54, 1.807) is 6.07 Å². The van der Waals surface area contributed by atoms with Crippen molar-refractivity contribution in [1.29, 1.82) is 5.41 Å². The van der Waals surface area contributed by atoms with Crippen molar-refractivity contribution in [3.63, 3.8) is 0 Å². The van der Waals surface area contributed by atoms with Gasteiger partial charge in [-0.3, -0.25) is 10.3 Å². The normalized spacial score (nSPS) is 26.6. The minimum atomic E-state index is -0.327. The lowest BCUT2D eigenvalue weighted by Crippen LogP contribution is -2.24. The molecule has 1 aliphatic heterocycles. The number of amidine groups is 1. The van der Waals surface area contributed by atoms with Crippen molar-refractivity contribution in [3.05, 3.63) is 35.1 Å². The summed E-state index contributed by atoms with van der Waals surface area (Å²) in [5.41, 5.74) is 7.05. The van der Waals surface area contributed by atoms with Crippen molar-refractivity contribution >= 4 is 5.84 Å². The third-order valence-electron chi connectivity index (χ3n) is 4.56. The van der Waals surface area contributed by atoms with Gasteiger partial charge in [0.25, 0.3) is 0 Å². The van der Waals surface area contributed by atoms with Crippen molar-refractivity contribution in [2.45, 2.75) is 25.8 Å². The smallest absolute Gasteiger partial charge is 0.123 e. The summed E-state index contributed by atoms with van der Waals surface area (Å²) in [5, 5.41) is 7.57. The molecule has 2 fully saturated rings. The lowest BCUT2D eigenvalue weighted by Gasteiger charge is -2.18. The molecule has 0 amide bonds. The largest absolute Gasteiger partial charge is 0.384 e. The lowest BCUT2D eigenvalue weighted by molar-refractivity contribution is 0.303. The number of hydrogen-bond acceptors (Lipinski definition) is 2. The average molecular weight is 261 g/mol. The quantitative estimate of drug-likeness (QED) is 0.648. The number of fused-ring (bicyclic) bond motifs is 1. The highest BCUT2D eigenvalue weighted by Gasteiger charge is 2.35. The van der Waals surface area contributed by atoms with Crippen LogP contribution >= 0.6 is 0 Å². The van der Waals surface area contributed by atoms with Crippen LogP contribution in [0.25, 0.3) is 0 Å². The molecule has 3 N–H and O–H groups in total. The summed E-state index contributed by atoms with van der Waals surface area (Å²) in [4.78, 5) is 2.42. The first kappa shape index (κ1) is 12.6. The highest BCUT2D eigenvalue weighted by molar-refractivity contribution is 5.96. The predicted molar refractivity (Wildman–Crippen MR) is 73.5 cm³/mol. The summed E-state index contributed by atoms with van der Waals surface area (Å²) in [6, 6.07) is 4.59. The molecule has 3 rings (SSSR count). The molecule has 2 unspecified atom stereocenters. The Labute approximate surface area is 113 Å². The maximum atomic E-state index is 13.2. The van der Waals surface area contributed by atoms with Gasteiger partial charge in [-0.05, 0) is 42.4 Å². The second-order valence-electron chi connectivity index (χ2n) is 5.86. The number of halogens is 1. The Morgan fingerprint density at radius 2 is 2.00 bits per heavy atom. The lowest BCUT2D eigenvalue weighted by atomic mass is 10.0. The van der Waals surface area contributed by atoms with Crippen LogP contribution in [0.4, 0.5) is 4.39 Å². The van der Waals surface area contributed by atoms with Gasteiger partial charge in [-0.25, -0.2) is 4.39 Å². The van der Waals surface area contributed by atoms with Gasteiger partial charge in [-0.1, -0.05) is 12.5 Å². The van der Waals surface area contributed by atoms with E-state index in [1.165, 1.54) is 31.4 Å². The van der Waals surface area contributed by atoms with Gasteiger partial charge in [-0.15, -0.1) is 0 Å². The molecule has 2 aliphatic rings. The number of nitrogens with two attached hydrogens (primary N) is 1. The van der Waals surface area contributed by atoms with Crippen LogP contribution in [0.5, 0.6) is 0 Å². The highest BCUT2D eigenvalue weighted by Crippen LogP contribution is 2.38. The van der Waals surface area contributed by atoms with Crippen LogP contribution in [-0.2, 0) is 6.54 Å². The fraction of sp³-hybridized carbons (Fsp3) is 0.533. The fourth-order valence-corrected chi connectivity index (χ4v) is 3.64. The monoisotopic (exact) mass is 261 g/mol. The van der Waals surface area contributed by atoms with E-state index in [2.05, 4.69) is 4.90 Å². The van der Waals surface area contributed by atoms with Gasteiger partial charge >= 0.3 is 0 Å². The van der Waals surface area contributed by atoms with Crippen LogP contribution in [-0.4, -0.2) is 23.8 Å². The fourth-order valence-electron chi connectivity index (χ4n) is 3.64. The number of hydrogen-bond donors (Lipinski definition) is 2. The van der Waals surface area contributed by atoms with E-state index >= 15 is 0 Å². The van der Waals surface area contributed by atoms with Crippen LogP contribution in [0, 0.1) is 23.1 Å². The predicted octanol–water partition coefficient (Wildman–Crippen LogP) is 2.34. The summed E-state index contributed by atoms with van der Waals surface area (Å²) >= 11 is 0. The molecule has 0 bridgehead atoms. The maximum Gasteiger partial charge on any atom is 0.123 e. The number of benzene rings is 1. The van der Waals surface area contributed by atoms with E-state index in [4.69, 9.17) is 11.1 Å². The van der Waals surface area contributed by atoms with E-state index < -0.39 is 0 Å². The Hall–Kier alpha value is -1.42. The Bertz CT molecular complexity index is 488. The van der Waals surface area contributed by atoms with Crippen molar-refractivity contribution in [1.82, 2.24) is 4.90 Å². The van der Waals surface area contributed by atoms with Gasteiger partial charge < -0.3 is 5.73 Å². The van der Waals surface area contributed by atoms with Gasteiger partial charge in [0.15, 0.2) is 0 Å². The molecular weight excluding hydrogens is 241 g/mol. The van der Waals surface area contributed by atoms with Crippen molar-refractivity contribution in [2.75, 3.05) is 13.1 Å². The van der Waals surface area contributed by atoms with Crippen molar-refractivity contribution < 1.29 is 4.39 Å². The third kappa shape index (κ3) is 2.50. The Morgan fingerprint density at radius 1 is 1.32 bits per heavy atom. The van der Waals surface area contributed by atoms with E-state index in [-0.39, 0.29) is 11.7 Å². The minimum absolute atomic E-state index is 0.0473. The molecular formula is C15H20FN3. The topological polar surface area (TPSA) is 53.1 Å². The van der Waals surface area contributed by atoms with Crippen LogP contribution < -0.4 is 5.73 Å². The minimum Gasteiger partial charge on any atom is -0.384 e. The molecule has 1 heterocycles. The average Bonchev–Trinajstić information content (AvgIpc) is 2.91. The molecule has 1 aliphatic carbocycles. The van der Waals surface area contributed by atoms with E-state index in [0.717, 1.165) is 37.0 Å². The molecule has 0 aromatic heterocycles. The molecule has 0 spiro atoms. The van der Waals surface area contributed by atoms with Crippen LogP contribution in [0.2, 0.25) is 0 Å². The third-order valence-corrected chi connectivity index (χ3v) is 4.56. The van der Waals surface area contributed by atoms with E-state index in [1.807, 2.05) is 0 Å². The zero-order chi connectivity index (χ0) is 13.4. The van der Waals surface area contributed by atoms with Gasteiger partial charge in [0.2, 0.25) is 0 Å². The maximum absolute atomic E-state index is 13.2. The Balaban J connectivity index is 1.75. The SMILES string of the molecule is N=C(N)c1cc(F)ccc1CN1CC2CCCC2C1. The number of nitrogens with zero attached hydrogens (tertiary/aromatic N) is 1. The second-order valence-corrected chi connectivity index (χ2v) is 5.86. The molecule has 0 radical (unpaired) electrons.